The highest BCUT2D eigenvalue weighted by atomic mass is 19.4. The van der Waals surface area contributed by atoms with Crippen LogP contribution < -0.4 is 5.32 Å². The van der Waals surface area contributed by atoms with Crippen molar-refractivity contribution in [3.05, 3.63) is 59.4 Å². The molecular formula is C14H11F4N3O. The Morgan fingerprint density at radius 1 is 1.27 bits per heavy atom. The van der Waals surface area contributed by atoms with Gasteiger partial charge in [0.05, 0.1) is 11.6 Å². The van der Waals surface area contributed by atoms with Crippen molar-refractivity contribution >= 4 is 5.91 Å². The van der Waals surface area contributed by atoms with E-state index in [9.17, 15) is 22.4 Å². The van der Waals surface area contributed by atoms with Crippen molar-refractivity contribution < 1.29 is 22.4 Å². The normalized spacial score (nSPS) is 12.8. The lowest BCUT2D eigenvalue weighted by molar-refractivity contribution is -0.137. The second-order valence-corrected chi connectivity index (χ2v) is 4.52. The number of hydrogen-bond acceptors (Lipinski definition) is 3. The van der Waals surface area contributed by atoms with Gasteiger partial charge in [0.1, 0.15) is 17.8 Å². The largest absolute Gasteiger partial charge is 0.416 e. The van der Waals surface area contributed by atoms with Gasteiger partial charge < -0.3 is 5.32 Å². The maximum absolute atomic E-state index is 13.8. The maximum Gasteiger partial charge on any atom is 0.416 e. The van der Waals surface area contributed by atoms with E-state index in [1.165, 1.54) is 25.5 Å². The standard InChI is InChI=1S/C14H11F4N3O/c1-8(21-13(22)12-4-5-19-7-20-12)10-3-2-9(6-11(10)15)14(16,17)18/h2-8H,1H3,(H,21,22). The highest BCUT2D eigenvalue weighted by Gasteiger charge is 2.31. The zero-order chi connectivity index (χ0) is 16.3. The smallest absolute Gasteiger partial charge is 0.344 e. The topological polar surface area (TPSA) is 54.9 Å². The van der Waals surface area contributed by atoms with Crippen LogP contribution in [0, 0.1) is 5.82 Å². The van der Waals surface area contributed by atoms with Gasteiger partial charge >= 0.3 is 6.18 Å². The fourth-order valence-electron chi connectivity index (χ4n) is 1.83. The lowest BCUT2D eigenvalue weighted by Gasteiger charge is -2.16. The molecule has 2 aromatic rings. The summed E-state index contributed by atoms with van der Waals surface area (Å²) in [6.45, 7) is 1.46. The first kappa shape index (κ1) is 15.9. The minimum atomic E-state index is -4.62. The Labute approximate surface area is 123 Å². The number of carbonyl (C=O) groups is 1. The van der Waals surface area contributed by atoms with Gasteiger partial charge in [0.25, 0.3) is 5.91 Å². The molecule has 0 aliphatic rings. The molecule has 2 rings (SSSR count). The molecule has 1 aromatic heterocycles. The van der Waals surface area contributed by atoms with E-state index in [1.807, 2.05) is 0 Å². The third kappa shape index (κ3) is 3.57. The summed E-state index contributed by atoms with van der Waals surface area (Å²) in [5, 5.41) is 2.46. The molecular weight excluding hydrogens is 302 g/mol. The number of aromatic nitrogens is 2. The van der Waals surface area contributed by atoms with Crippen molar-refractivity contribution in [3.8, 4) is 0 Å². The summed E-state index contributed by atoms with van der Waals surface area (Å²) in [7, 11) is 0. The van der Waals surface area contributed by atoms with Crippen LogP contribution >= 0.6 is 0 Å². The van der Waals surface area contributed by atoms with E-state index in [4.69, 9.17) is 0 Å². The number of alkyl halides is 3. The molecule has 1 amide bonds. The van der Waals surface area contributed by atoms with Crippen molar-refractivity contribution in [2.75, 3.05) is 0 Å². The molecule has 0 saturated heterocycles. The lowest BCUT2D eigenvalue weighted by atomic mass is 10.0. The summed E-state index contributed by atoms with van der Waals surface area (Å²) in [5.41, 5.74) is -1.05. The molecule has 1 aromatic carbocycles. The molecule has 4 nitrogen and oxygen atoms in total. The SMILES string of the molecule is CC(NC(=O)c1ccncn1)c1ccc(C(F)(F)F)cc1F. The Balaban J connectivity index is 2.16. The van der Waals surface area contributed by atoms with Crippen molar-refractivity contribution in [2.24, 2.45) is 0 Å². The number of halogens is 4. The van der Waals surface area contributed by atoms with Gasteiger partial charge in [0.15, 0.2) is 0 Å². The molecule has 116 valence electrons. The van der Waals surface area contributed by atoms with Crippen LogP contribution in [0.3, 0.4) is 0 Å². The monoisotopic (exact) mass is 313 g/mol. The molecule has 0 bridgehead atoms. The van der Waals surface area contributed by atoms with Crippen molar-refractivity contribution in [1.82, 2.24) is 15.3 Å². The van der Waals surface area contributed by atoms with Gasteiger partial charge in [-0.3, -0.25) is 4.79 Å². The highest BCUT2D eigenvalue weighted by Crippen LogP contribution is 2.31. The number of nitrogens with zero attached hydrogens (tertiary/aromatic N) is 2. The van der Waals surface area contributed by atoms with Gasteiger partial charge in [0, 0.05) is 11.8 Å². The maximum atomic E-state index is 13.8. The van der Waals surface area contributed by atoms with E-state index >= 15 is 0 Å². The number of hydrogen-bond donors (Lipinski definition) is 1. The summed E-state index contributed by atoms with van der Waals surface area (Å²) in [6, 6.07) is 2.73. The van der Waals surface area contributed by atoms with Crippen LogP contribution in [0.15, 0.2) is 36.8 Å². The molecule has 0 radical (unpaired) electrons. The van der Waals surface area contributed by atoms with Gasteiger partial charge in [-0.15, -0.1) is 0 Å². The van der Waals surface area contributed by atoms with Crippen molar-refractivity contribution in [2.45, 2.75) is 19.1 Å². The molecule has 1 unspecified atom stereocenters. The van der Waals surface area contributed by atoms with Gasteiger partial charge in [-0.2, -0.15) is 13.2 Å². The number of benzene rings is 1. The molecule has 0 aliphatic carbocycles. The highest BCUT2D eigenvalue weighted by molar-refractivity contribution is 5.92. The van der Waals surface area contributed by atoms with E-state index in [0.717, 1.165) is 12.1 Å². The van der Waals surface area contributed by atoms with Crippen molar-refractivity contribution in [1.29, 1.82) is 0 Å². The fourth-order valence-corrected chi connectivity index (χ4v) is 1.83. The number of carbonyl (C=O) groups excluding carboxylic acids is 1. The Kier molecular flexibility index (Phi) is 4.39. The number of nitrogens with one attached hydrogen (secondary N) is 1. The first-order chi connectivity index (χ1) is 10.3. The molecule has 8 heteroatoms. The minimum Gasteiger partial charge on any atom is -0.344 e. The molecule has 22 heavy (non-hydrogen) atoms. The van der Waals surface area contributed by atoms with Crippen LogP contribution in [0.1, 0.15) is 34.6 Å². The molecule has 0 saturated carbocycles. The molecule has 0 spiro atoms. The number of rotatable bonds is 3. The van der Waals surface area contributed by atoms with Crippen molar-refractivity contribution in [3.63, 3.8) is 0 Å². The minimum absolute atomic E-state index is 0.0459. The molecule has 1 atom stereocenters. The van der Waals surface area contributed by atoms with Gasteiger partial charge in [0.2, 0.25) is 0 Å². The number of amides is 1. The second-order valence-electron chi connectivity index (χ2n) is 4.52. The third-order valence-corrected chi connectivity index (χ3v) is 2.96. The summed E-state index contributed by atoms with van der Waals surface area (Å²) in [5.74, 6) is -1.61. The summed E-state index contributed by atoms with van der Waals surface area (Å²) in [6.07, 6.45) is -2.07. The van der Waals surface area contributed by atoms with Crippen LogP contribution in [0.25, 0.3) is 0 Å². The van der Waals surface area contributed by atoms with Crippen LogP contribution in [-0.4, -0.2) is 15.9 Å². The predicted molar refractivity (Wildman–Crippen MR) is 69.3 cm³/mol. The zero-order valence-corrected chi connectivity index (χ0v) is 11.4. The molecule has 0 aliphatic heterocycles. The Morgan fingerprint density at radius 2 is 2.00 bits per heavy atom. The summed E-state index contributed by atoms with van der Waals surface area (Å²) in [4.78, 5) is 19.2. The quantitative estimate of drug-likeness (QED) is 0.886. The average molecular weight is 313 g/mol. The van der Waals surface area contributed by atoms with Crippen LogP contribution in [-0.2, 0) is 6.18 Å². The Bertz CT molecular complexity index is 674. The fraction of sp³-hybridized carbons (Fsp3) is 0.214. The summed E-state index contributed by atoms with van der Waals surface area (Å²) < 4.78 is 51.3. The first-order valence-corrected chi connectivity index (χ1v) is 6.22. The van der Waals surface area contributed by atoms with E-state index in [1.54, 1.807) is 0 Å². The first-order valence-electron chi connectivity index (χ1n) is 6.22. The van der Waals surface area contributed by atoms with Gasteiger partial charge in [-0.25, -0.2) is 14.4 Å². The Hall–Kier alpha value is -2.51. The van der Waals surface area contributed by atoms with E-state index in [0.29, 0.717) is 6.07 Å². The Morgan fingerprint density at radius 3 is 2.55 bits per heavy atom. The third-order valence-electron chi connectivity index (χ3n) is 2.96. The second kappa shape index (κ2) is 6.08. The van der Waals surface area contributed by atoms with E-state index in [-0.39, 0.29) is 11.3 Å². The molecule has 1 N–H and O–H groups in total. The zero-order valence-electron chi connectivity index (χ0n) is 11.4. The average Bonchev–Trinajstić information content (AvgIpc) is 2.46. The summed E-state index contributed by atoms with van der Waals surface area (Å²) >= 11 is 0. The lowest BCUT2D eigenvalue weighted by Crippen LogP contribution is -2.28. The van der Waals surface area contributed by atoms with Gasteiger partial charge in [-0.1, -0.05) is 6.07 Å². The van der Waals surface area contributed by atoms with Gasteiger partial charge in [-0.05, 0) is 25.1 Å². The van der Waals surface area contributed by atoms with E-state index < -0.39 is 29.5 Å². The molecule has 1 heterocycles. The van der Waals surface area contributed by atoms with Crippen LogP contribution in [0.2, 0.25) is 0 Å². The predicted octanol–water partition coefficient (Wildman–Crippen LogP) is 3.13. The van der Waals surface area contributed by atoms with Crippen LogP contribution in [0.5, 0.6) is 0 Å². The van der Waals surface area contributed by atoms with Crippen LogP contribution in [0.4, 0.5) is 17.6 Å². The molecule has 0 fully saturated rings. The van der Waals surface area contributed by atoms with E-state index in [2.05, 4.69) is 15.3 Å².